The van der Waals surface area contributed by atoms with Crippen LogP contribution in [0.1, 0.15) is 11.1 Å². The van der Waals surface area contributed by atoms with Crippen LogP contribution in [0.25, 0.3) is 0 Å². The summed E-state index contributed by atoms with van der Waals surface area (Å²) >= 11 is 7.56. The summed E-state index contributed by atoms with van der Waals surface area (Å²) in [6.07, 6.45) is 1.91. The molecule has 1 aromatic carbocycles. The van der Waals surface area contributed by atoms with Gasteiger partial charge in [-0.1, -0.05) is 41.1 Å². The fraction of sp³-hybridized carbons (Fsp3) is 0.231. The first-order valence-corrected chi connectivity index (χ1v) is 7.38. The van der Waals surface area contributed by atoms with Gasteiger partial charge in [-0.05, 0) is 25.3 Å². The maximum absolute atomic E-state index is 6.12. The maximum Gasteiger partial charge on any atom is 0.190 e. The molecule has 2 rings (SSSR count). The molecule has 0 saturated heterocycles. The van der Waals surface area contributed by atoms with Crippen molar-refractivity contribution in [3.63, 3.8) is 0 Å². The molecule has 0 bridgehead atoms. The van der Waals surface area contributed by atoms with Crippen LogP contribution in [-0.2, 0) is 6.54 Å². The standard InChI is InChI=1S/C13H15ClN4S/c1-8-3-5-9(6-4-8)16-12-10(7-15)11(14)17-13(18-12)19-2/h3-6H,7,15H2,1-2H3,(H,16,17,18). The quantitative estimate of drug-likeness (QED) is 0.514. The number of nitrogens with zero attached hydrogens (tertiary/aromatic N) is 2. The van der Waals surface area contributed by atoms with Crippen LogP contribution in [0.3, 0.4) is 0 Å². The number of hydrogen-bond donors (Lipinski definition) is 2. The molecular weight excluding hydrogens is 280 g/mol. The van der Waals surface area contributed by atoms with Gasteiger partial charge in [0.2, 0.25) is 0 Å². The van der Waals surface area contributed by atoms with E-state index in [0.29, 0.717) is 22.7 Å². The Kier molecular flexibility index (Phi) is 4.63. The number of hydrogen-bond acceptors (Lipinski definition) is 5. The van der Waals surface area contributed by atoms with Crippen molar-refractivity contribution in [2.75, 3.05) is 11.6 Å². The van der Waals surface area contributed by atoms with Crippen molar-refractivity contribution in [1.82, 2.24) is 9.97 Å². The van der Waals surface area contributed by atoms with Gasteiger partial charge in [-0.15, -0.1) is 0 Å². The molecule has 0 amide bonds. The van der Waals surface area contributed by atoms with Crippen molar-refractivity contribution in [2.24, 2.45) is 5.73 Å². The lowest BCUT2D eigenvalue weighted by atomic mass is 10.2. The molecule has 100 valence electrons. The number of nitrogens with one attached hydrogen (secondary N) is 1. The van der Waals surface area contributed by atoms with Gasteiger partial charge in [0, 0.05) is 17.8 Å². The third-order valence-electron chi connectivity index (χ3n) is 2.64. The zero-order chi connectivity index (χ0) is 13.8. The lowest BCUT2D eigenvalue weighted by molar-refractivity contribution is 0.923. The first-order chi connectivity index (χ1) is 9.13. The minimum absolute atomic E-state index is 0.293. The Morgan fingerprint density at radius 1 is 1.26 bits per heavy atom. The second kappa shape index (κ2) is 6.23. The monoisotopic (exact) mass is 294 g/mol. The van der Waals surface area contributed by atoms with Gasteiger partial charge in [0.15, 0.2) is 5.16 Å². The second-order valence-corrected chi connectivity index (χ2v) is 5.15. The summed E-state index contributed by atoms with van der Waals surface area (Å²) in [4.78, 5) is 8.59. The van der Waals surface area contributed by atoms with Crippen molar-refractivity contribution >= 4 is 34.9 Å². The van der Waals surface area contributed by atoms with Crippen molar-refractivity contribution in [2.45, 2.75) is 18.6 Å². The number of nitrogens with two attached hydrogens (primary N) is 1. The topological polar surface area (TPSA) is 63.8 Å². The lowest BCUT2D eigenvalue weighted by Crippen LogP contribution is -2.07. The highest BCUT2D eigenvalue weighted by Gasteiger charge is 2.11. The predicted octanol–water partition coefficient (Wildman–Crippen LogP) is 3.36. The fourth-order valence-electron chi connectivity index (χ4n) is 1.59. The molecular formula is C13H15ClN4S. The molecule has 3 N–H and O–H groups in total. The van der Waals surface area contributed by atoms with Gasteiger partial charge >= 0.3 is 0 Å². The molecule has 2 aromatic rings. The van der Waals surface area contributed by atoms with Crippen LogP contribution in [0.5, 0.6) is 0 Å². The minimum Gasteiger partial charge on any atom is -0.340 e. The van der Waals surface area contributed by atoms with Gasteiger partial charge in [-0.25, -0.2) is 9.97 Å². The average Bonchev–Trinajstić information content (AvgIpc) is 2.41. The van der Waals surface area contributed by atoms with E-state index < -0.39 is 0 Å². The van der Waals surface area contributed by atoms with Gasteiger partial charge < -0.3 is 11.1 Å². The van der Waals surface area contributed by atoms with E-state index in [2.05, 4.69) is 15.3 Å². The summed E-state index contributed by atoms with van der Waals surface area (Å²) in [5.41, 5.74) is 8.58. The van der Waals surface area contributed by atoms with Gasteiger partial charge in [0.25, 0.3) is 0 Å². The van der Waals surface area contributed by atoms with Crippen molar-refractivity contribution in [3.8, 4) is 0 Å². The normalized spacial score (nSPS) is 10.5. The third kappa shape index (κ3) is 3.37. The Morgan fingerprint density at radius 2 is 1.95 bits per heavy atom. The lowest BCUT2D eigenvalue weighted by Gasteiger charge is -2.12. The van der Waals surface area contributed by atoms with Crippen LogP contribution in [-0.4, -0.2) is 16.2 Å². The first-order valence-electron chi connectivity index (χ1n) is 5.78. The Labute approximate surface area is 121 Å². The van der Waals surface area contributed by atoms with Crippen LogP contribution in [0, 0.1) is 6.92 Å². The Balaban J connectivity index is 2.37. The number of halogens is 1. The third-order valence-corrected chi connectivity index (χ3v) is 3.50. The van der Waals surface area contributed by atoms with E-state index in [-0.39, 0.29) is 0 Å². The summed E-state index contributed by atoms with van der Waals surface area (Å²) in [6, 6.07) is 8.04. The zero-order valence-electron chi connectivity index (χ0n) is 10.8. The first kappa shape index (κ1) is 14.1. The highest BCUT2D eigenvalue weighted by Crippen LogP contribution is 2.26. The van der Waals surface area contributed by atoms with Crippen molar-refractivity contribution < 1.29 is 0 Å². The highest BCUT2D eigenvalue weighted by molar-refractivity contribution is 7.98. The van der Waals surface area contributed by atoms with E-state index in [0.717, 1.165) is 11.3 Å². The van der Waals surface area contributed by atoms with Crippen LogP contribution in [0.4, 0.5) is 11.5 Å². The molecule has 1 heterocycles. The van der Waals surface area contributed by atoms with E-state index >= 15 is 0 Å². The second-order valence-electron chi connectivity index (χ2n) is 4.02. The summed E-state index contributed by atoms with van der Waals surface area (Å²) in [5.74, 6) is 0.663. The number of rotatable bonds is 4. The van der Waals surface area contributed by atoms with E-state index in [1.54, 1.807) is 0 Å². The van der Waals surface area contributed by atoms with Crippen LogP contribution >= 0.6 is 23.4 Å². The highest BCUT2D eigenvalue weighted by atomic mass is 35.5. The molecule has 0 aliphatic carbocycles. The van der Waals surface area contributed by atoms with E-state index in [1.807, 2.05) is 37.4 Å². The molecule has 4 nitrogen and oxygen atoms in total. The molecule has 0 spiro atoms. The number of aryl methyl sites for hydroxylation is 1. The van der Waals surface area contributed by atoms with Gasteiger partial charge in [-0.3, -0.25) is 0 Å². The van der Waals surface area contributed by atoms with E-state index in [4.69, 9.17) is 17.3 Å². The van der Waals surface area contributed by atoms with Gasteiger partial charge in [-0.2, -0.15) is 0 Å². The zero-order valence-corrected chi connectivity index (χ0v) is 12.3. The van der Waals surface area contributed by atoms with Crippen molar-refractivity contribution in [1.29, 1.82) is 0 Å². The molecule has 0 aliphatic rings. The molecule has 0 radical (unpaired) electrons. The Hall–Kier alpha value is -1.30. The summed E-state index contributed by atoms with van der Waals surface area (Å²) in [5, 5.41) is 4.26. The summed E-state index contributed by atoms with van der Waals surface area (Å²) in [7, 11) is 0. The number of benzene rings is 1. The number of aromatic nitrogens is 2. The Morgan fingerprint density at radius 3 is 2.53 bits per heavy atom. The molecule has 1 aromatic heterocycles. The SMILES string of the molecule is CSc1nc(Cl)c(CN)c(Nc2ccc(C)cc2)n1. The molecule has 0 aliphatic heterocycles. The van der Waals surface area contributed by atoms with Crippen molar-refractivity contribution in [3.05, 3.63) is 40.5 Å². The molecule has 0 atom stereocenters. The van der Waals surface area contributed by atoms with Crippen LogP contribution in [0.15, 0.2) is 29.4 Å². The van der Waals surface area contributed by atoms with Gasteiger partial charge in [0.05, 0.1) is 0 Å². The molecule has 19 heavy (non-hydrogen) atoms. The minimum atomic E-state index is 0.293. The largest absolute Gasteiger partial charge is 0.340 e. The maximum atomic E-state index is 6.12. The molecule has 0 saturated carbocycles. The van der Waals surface area contributed by atoms with Crippen LogP contribution < -0.4 is 11.1 Å². The summed E-state index contributed by atoms with van der Waals surface area (Å²) < 4.78 is 0. The predicted molar refractivity (Wildman–Crippen MR) is 81.2 cm³/mol. The van der Waals surface area contributed by atoms with E-state index in [1.165, 1.54) is 17.3 Å². The number of thioether (sulfide) groups is 1. The van der Waals surface area contributed by atoms with E-state index in [9.17, 15) is 0 Å². The van der Waals surface area contributed by atoms with Gasteiger partial charge in [0.1, 0.15) is 11.0 Å². The molecule has 0 fully saturated rings. The average molecular weight is 295 g/mol. The fourth-order valence-corrected chi connectivity index (χ4v) is 2.25. The smallest absolute Gasteiger partial charge is 0.190 e. The number of anilines is 2. The Bertz CT molecular complexity index is 572. The van der Waals surface area contributed by atoms with Crippen LogP contribution in [0.2, 0.25) is 5.15 Å². The molecule has 6 heteroatoms. The molecule has 0 unspecified atom stereocenters. The summed E-state index contributed by atoms with van der Waals surface area (Å²) in [6.45, 7) is 2.34.